The van der Waals surface area contributed by atoms with Gasteiger partial charge in [-0.2, -0.15) is 0 Å². The average molecular weight is 289 g/mol. The summed E-state index contributed by atoms with van der Waals surface area (Å²) >= 11 is 11.9. The van der Waals surface area contributed by atoms with Crippen LogP contribution < -0.4 is 10.1 Å². The van der Waals surface area contributed by atoms with Crippen LogP contribution >= 0.6 is 23.2 Å². The molecule has 1 unspecified atom stereocenters. The summed E-state index contributed by atoms with van der Waals surface area (Å²) in [4.78, 5) is 2.39. The molecule has 1 saturated heterocycles. The van der Waals surface area contributed by atoms with Crippen LogP contribution in [0.4, 0.5) is 0 Å². The van der Waals surface area contributed by atoms with Crippen molar-refractivity contribution in [3.8, 4) is 5.75 Å². The molecule has 5 heteroatoms. The molecule has 1 aromatic carbocycles. The number of halogens is 2. The van der Waals surface area contributed by atoms with Crippen LogP contribution in [0.3, 0.4) is 0 Å². The van der Waals surface area contributed by atoms with Gasteiger partial charge in [-0.3, -0.25) is 4.90 Å². The van der Waals surface area contributed by atoms with Crippen molar-refractivity contribution in [1.29, 1.82) is 0 Å². The molecule has 0 saturated carbocycles. The van der Waals surface area contributed by atoms with E-state index in [0.717, 1.165) is 19.6 Å². The van der Waals surface area contributed by atoms with Gasteiger partial charge in [-0.15, -0.1) is 0 Å². The molecule has 0 spiro atoms. The van der Waals surface area contributed by atoms with Gasteiger partial charge in [-0.05, 0) is 38.2 Å². The lowest BCUT2D eigenvalue weighted by molar-refractivity contribution is 0.235. The van der Waals surface area contributed by atoms with Crippen LogP contribution in [0.2, 0.25) is 10.0 Å². The van der Waals surface area contributed by atoms with Crippen molar-refractivity contribution in [3.05, 3.63) is 28.2 Å². The molecule has 1 atom stereocenters. The largest absolute Gasteiger partial charge is 0.491 e. The van der Waals surface area contributed by atoms with Gasteiger partial charge in [0, 0.05) is 24.2 Å². The van der Waals surface area contributed by atoms with Crippen molar-refractivity contribution in [3.63, 3.8) is 0 Å². The third kappa shape index (κ3) is 3.75. The summed E-state index contributed by atoms with van der Waals surface area (Å²) in [6.45, 7) is 3.80. The second-order valence-corrected chi connectivity index (χ2v) is 5.34. The predicted octanol–water partition coefficient (Wildman–Crippen LogP) is 2.67. The minimum atomic E-state index is 0.567. The standard InChI is InChI=1S/C13H18Cl2N2O/c1-16-11-4-5-17(9-11)6-7-18-13-3-2-10(14)8-12(13)15/h2-3,8,11,16H,4-7,9H2,1H3. The maximum atomic E-state index is 6.04. The van der Waals surface area contributed by atoms with Gasteiger partial charge in [0.1, 0.15) is 12.4 Å². The molecule has 0 aromatic heterocycles. The Morgan fingerprint density at radius 2 is 2.28 bits per heavy atom. The van der Waals surface area contributed by atoms with Gasteiger partial charge in [-0.1, -0.05) is 23.2 Å². The van der Waals surface area contributed by atoms with Gasteiger partial charge in [-0.25, -0.2) is 0 Å². The predicted molar refractivity (Wildman–Crippen MR) is 75.9 cm³/mol. The first-order chi connectivity index (χ1) is 8.69. The summed E-state index contributed by atoms with van der Waals surface area (Å²) in [7, 11) is 2.01. The highest BCUT2D eigenvalue weighted by Crippen LogP contribution is 2.27. The Kier molecular flexibility index (Phi) is 5.13. The monoisotopic (exact) mass is 288 g/mol. The number of rotatable bonds is 5. The van der Waals surface area contributed by atoms with E-state index in [1.54, 1.807) is 12.1 Å². The number of hydrogen-bond donors (Lipinski definition) is 1. The van der Waals surface area contributed by atoms with E-state index < -0.39 is 0 Å². The van der Waals surface area contributed by atoms with Crippen molar-refractivity contribution in [2.45, 2.75) is 12.5 Å². The third-order valence-corrected chi connectivity index (χ3v) is 3.77. The second-order valence-electron chi connectivity index (χ2n) is 4.50. The maximum Gasteiger partial charge on any atom is 0.138 e. The minimum Gasteiger partial charge on any atom is -0.491 e. The molecule has 1 aliphatic heterocycles. The summed E-state index contributed by atoms with van der Waals surface area (Å²) in [6, 6.07) is 5.91. The summed E-state index contributed by atoms with van der Waals surface area (Å²) in [6.07, 6.45) is 1.21. The molecule has 0 aliphatic carbocycles. The smallest absolute Gasteiger partial charge is 0.138 e. The lowest BCUT2D eigenvalue weighted by atomic mass is 10.3. The van der Waals surface area contributed by atoms with E-state index in [4.69, 9.17) is 27.9 Å². The number of nitrogens with one attached hydrogen (secondary N) is 1. The maximum absolute atomic E-state index is 6.04. The lowest BCUT2D eigenvalue weighted by Crippen LogP contribution is -2.31. The normalized spacial score (nSPS) is 20.3. The molecule has 3 nitrogen and oxygen atoms in total. The fourth-order valence-corrected chi connectivity index (χ4v) is 2.61. The molecule has 1 aromatic rings. The molecule has 1 N–H and O–H groups in total. The van der Waals surface area contributed by atoms with E-state index in [-0.39, 0.29) is 0 Å². The highest BCUT2D eigenvalue weighted by atomic mass is 35.5. The van der Waals surface area contributed by atoms with Crippen LogP contribution in [0.1, 0.15) is 6.42 Å². The summed E-state index contributed by atoms with van der Waals surface area (Å²) in [5.41, 5.74) is 0. The van der Waals surface area contributed by atoms with Gasteiger partial charge in [0.2, 0.25) is 0 Å². The van der Waals surface area contributed by atoms with Gasteiger partial charge in [0.15, 0.2) is 0 Å². The Morgan fingerprint density at radius 3 is 2.94 bits per heavy atom. The van der Waals surface area contributed by atoms with Gasteiger partial charge in [0.05, 0.1) is 5.02 Å². The molecule has 0 radical (unpaired) electrons. The highest BCUT2D eigenvalue weighted by Gasteiger charge is 2.20. The molecule has 0 bridgehead atoms. The van der Waals surface area contributed by atoms with Crippen LogP contribution in [0.15, 0.2) is 18.2 Å². The van der Waals surface area contributed by atoms with Crippen LogP contribution in [-0.2, 0) is 0 Å². The van der Waals surface area contributed by atoms with Crippen molar-refractivity contribution < 1.29 is 4.74 Å². The number of ether oxygens (including phenoxy) is 1. The van der Waals surface area contributed by atoms with Gasteiger partial charge >= 0.3 is 0 Å². The summed E-state index contributed by atoms with van der Waals surface area (Å²) < 4.78 is 5.67. The second kappa shape index (κ2) is 6.62. The molecular formula is C13H18Cl2N2O. The number of likely N-dealkylation sites (N-methyl/N-ethyl adjacent to an activating group) is 1. The van der Waals surface area contributed by atoms with Crippen molar-refractivity contribution in [1.82, 2.24) is 10.2 Å². The number of hydrogen-bond acceptors (Lipinski definition) is 3. The molecule has 100 valence electrons. The van der Waals surface area contributed by atoms with Crippen LogP contribution in [0.25, 0.3) is 0 Å². The topological polar surface area (TPSA) is 24.5 Å². The Labute approximate surface area is 118 Å². The number of benzene rings is 1. The van der Waals surface area contributed by atoms with E-state index in [2.05, 4.69) is 10.2 Å². The zero-order valence-corrected chi connectivity index (χ0v) is 12.0. The van der Waals surface area contributed by atoms with E-state index in [1.807, 2.05) is 13.1 Å². The van der Waals surface area contributed by atoms with E-state index in [0.29, 0.717) is 28.4 Å². The van der Waals surface area contributed by atoms with Crippen LogP contribution in [0, 0.1) is 0 Å². The minimum absolute atomic E-state index is 0.567. The fourth-order valence-electron chi connectivity index (χ4n) is 2.15. The number of likely N-dealkylation sites (tertiary alicyclic amines) is 1. The summed E-state index contributed by atoms with van der Waals surface area (Å²) in [5, 5.41) is 4.49. The molecule has 1 fully saturated rings. The third-order valence-electron chi connectivity index (χ3n) is 3.24. The molecule has 1 heterocycles. The first-order valence-electron chi connectivity index (χ1n) is 6.16. The first-order valence-corrected chi connectivity index (χ1v) is 6.92. The molecule has 2 rings (SSSR count). The Balaban J connectivity index is 1.75. The van der Waals surface area contributed by atoms with E-state index in [1.165, 1.54) is 6.42 Å². The molecule has 0 amide bonds. The Morgan fingerprint density at radius 1 is 1.44 bits per heavy atom. The van der Waals surface area contributed by atoms with Crippen LogP contribution in [0.5, 0.6) is 5.75 Å². The van der Waals surface area contributed by atoms with Gasteiger partial charge < -0.3 is 10.1 Å². The molecule has 1 aliphatic rings. The average Bonchev–Trinajstić information content (AvgIpc) is 2.80. The zero-order chi connectivity index (χ0) is 13.0. The summed E-state index contributed by atoms with van der Waals surface area (Å²) in [5.74, 6) is 0.699. The fraction of sp³-hybridized carbons (Fsp3) is 0.538. The molecular weight excluding hydrogens is 271 g/mol. The number of nitrogens with zero attached hydrogens (tertiary/aromatic N) is 1. The van der Waals surface area contributed by atoms with E-state index in [9.17, 15) is 0 Å². The van der Waals surface area contributed by atoms with Crippen molar-refractivity contribution >= 4 is 23.2 Å². The Hall–Kier alpha value is -0.480. The van der Waals surface area contributed by atoms with Crippen molar-refractivity contribution in [2.24, 2.45) is 0 Å². The zero-order valence-electron chi connectivity index (χ0n) is 10.5. The van der Waals surface area contributed by atoms with E-state index >= 15 is 0 Å². The first kappa shape index (κ1) is 13.9. The van der Waals surface area contributed by atoms with Crippen molar-refractivity contribution in [2.75, 3.05) is 33.3 Å². The molecule has 18 heavy (non-hydrogen) atoms. The van der Waals surface area contributed by atoms with Gasteiger partial charge in [0.25, 0.3) is 0 Å². The Bertz CT molecular complexity index is 401. The lowest BCUT2D eigenvalue weighted by Gasteiger charge is -2.16. The van der Waals surface area contributed by atoms with Crippen LogP contribution in [-0.4, -0.2) is 44.2 Å². The quantitative estimate of drug-likeness (QED) is 0.902. The SMILES string of the molecule is CNC1CCN(CCOc2ccc(Cl)cc2Cl)C1. The highest BCUT2D eigenvalue weighted by molar-refractivity contribution is 6.35.